The molecule has 9 heteroatoms. The molecule has 4 rings (SSSR count). The summed E-state index contributed by atoms with van der Waals surface area (Å²) in [5.74, 6) is -0.694. The number of hydrogen-bond donors (Lipinski definition) is 1. The molecule has 136 valence electrons. The fourth-order valence-electron chi connectivity index (χ4n) is 2.59. The Bertz CT molecular complexity index is 1140. The number of nitrogens with zero attached hydrogens (tertiary/aromatic N) is 3. The van der Waals surface area contributed by atoms with E-state index in [2.05, 4.69) is 15.3 Å². The fraction of sp³-hybridized carbons (Fsp3) is 0.0556. The first kappa shape index (κ1) is 18.0. The molecule has 0 aliphatic carbocycles. The van der Waals surface area contributed by atoms with Crippen molar-refractivity contribution in [3.05, 3.63) is 65.2 Å². The molecule has 2 heterocycles. The summed E-state index contributed by atoms with van der Waals surface area (Å²) in [6, 6.07) is 11.3. The number of carbonyl (C=O) groups is 1. The van der Waals surface area contributed by atoms with Gasteiger partial charge in [0.1, 0.15) is 11.5 Å². The normalized spacial score (nSPS) is 11.1. The number of hydrogen-bond acceptors (Lipinski definition) is 5. The van der Waals surface area contributed by atoms with Crippen LogP contribution >= 0.6 is 34.7 Å². The van der Waals surface area contributed by atoms with E-state index in [0.29, 0.717) is 26.7 Å². The van der Waals surface area contributed by atoms with Gasteiger partial charge in [0.2, 0.25) is 0 Å². The minimum atomic E-state index is -0.350. The average molecular weight is 419 g/mol. The number of carbonyl (C=O) groups excluding carboxylic acids is 1. The summed E-state index contributed by atoms with van der Waals surface area (Å²) in [6.45, 7) is 0. The first-order chi connectivity index (χ1) is 13.0. The highest BCUT2D eigenvalue weighted by Gasteiger charge is 2.19. The molecule has 27 heavy (non-hydrogen) atoms. The monoisotopic (exact) mass is 418 g/mol. The van der Waals surface area contributed by atoms with Crippen LogP contribution in [0.1, 0.15) is 10.5 Å². The summed E-state index contributed by atoms with van der Waals surface area (Å²) < 4.78 is 15.8. The maximum Gasteiger partial charge on any atom is 0.276 e. The number of amides is 1. The lowest BCUT2D eigenvalue weighted by Crippen LogP contribution is -2.16. The molecule has 2 aromatic carbocycles. The minimum absolute atomic E-state index is 0.336. The van der Waals surface area contributed by atoms with Crippen molar-refractivity contribution in [2.45, 2.75) is 5.16 Å². The van der Waals surface area contributed by atoms with Gasteiger partial charge in [-0.1, -0.05) is 34.7 Å². The molecule has 0 radical (unpaired) electrons. The summed E-state index contributed by atoms with van der Waals surface area (Å²) in [6.07, 6.45) is 3.36. The zero-order chi connectivity index (χ0) is 19.0. The summed E-state index contributed by atoms with van der Waals surface area (Å²) in [5.41, 5.74) is 1.75. The van der Waals surface area contributed by atoms with Crippen molar-refractivity contribution >= 4 is 56.0 Å². The van der Waals surface area contributed by atoms with E-state index >= 15 is 0 Å². The van der Waals surface area contributed by atoms with E-state index in [1.807, 2.05) is 6.26 Å². The zero-order valence-electron chi connectivity index (χ0n) is 13.9. The maximum absolute atomic E-state index is 13.3. The van der Waals surface area contributed by atoms with Gasteiger partial charge in [-0.25, -0.2) is 14.4 Å². The number of fused-ring (bicyclic) bond motifs is 1. The Morgan fingerprint density at radius 2 is 2.04 bits per heavy atom. The Morgan fingerprint density at radius 1 is 1.26 bits per heavy atom. The molecule has 0 atom stereocenters. The molecular weight excluding hydrogens is 407 g/mol. The van der Waals surface area contributed by atoms with E-state index in [1.165, 1.54) is 41.4 Å². The highest BCUT2D eigenvalue weighted by Crippen LogP contribution is 2.29. The van der Waals surface area contributed by atoms with Gasteiger partial charge in [-0.3, -0.25) is 14.7 Å². The fourth-order valence-corrected chi connectivity index (χ4v) is 4.27. The molecule has 1 N–H and O–H groups in total. The number of thioether (sulfide) groups is 1. The third-order valence-electron chi connectivity index (χ3n) is 3.80. The van der Waals surface area contributed by atoms with Gasteiger partial charge in [0.25, 0.3) is 5.91 Å². The van der Waals surface area contributed by atoms with Crippen LogP contribution in [0.25, 0.3) is 15.9 Å². The Morgan fingerprint density at radius 3 is 2.78 bits per heavy atom. The highest BCUT2D eigenvalue weighted by molar-refractivity contribution is 7.98. The Balaban J connectivity index is 1.69. The van der Waals surface area contributed by atoms with Crippen molar-refractivity contribution in [3.8, 4) is 5.69 Å². The smallest absolute Gasteiger partial charge is 0.276 e. The van der Waals surface area contributed by atoms with Gasteiger partial charge in [0, 0.05) is 10.7 Å². The lowest BCUT2D eigenvalue weighted by molar-refractivity contribution is 0.102. The first-order valence-electron chi connectivity index (χ1n) is 7.80. The second-order valence-electron chi connectivity index (χ2n) is 5.53. The number of thiazole rings is 1. The van der Waals surface area contributed by atoms with Crippen molar-refractivity contribution in [3.63, 3.8) is 0 Å². The summed E-state index contributed by atoms with van der Waals surface area (Å²) in [4.78, 5) is 21.5. The van der Waals surface area contributed by atoms with Crippen molar-refractivity contribution < 1.29 is 9.18 Å². The SMILES string of the molecule is CSc1ncc(C(=O)Nc2nc3ccc(Cl)cc3s2)n1-c1ccc(F)cc1. The summed E-state index contributed by atoms with van der Waals surface area (Å²) in [7, 11) is 0. The van der Waals surface area contributed by atoms with Crippen LogP contribution in [0, 0.1) is 5.82 Å². The lowest BCUT2D eigenvalue weighted by atomic mass is 10.3. The van der Waals surface area contributed by atoms with Gasteiger partial charge >= 0.3 is 0 Å². The minimum Gasteiger partial charge on any atom is -0.296 e. The van der Waals surface area contributed by atoms with Crippen molar-refractivity contribution in [1.29, 1.82) is 0 Å². The van der Waals surface area contributed by atoms with Gasteiger partial charge in [-0.15, -0.1) is 0 Å². The predicted octanol–water partition coefficient (Wildman–Crippen LogP) is 5.25. The number of benzene rings is 2. The third kappa shape index (κ3) is 3.55. The van der Waals surface area contributed by atoms with E-state index in [0.717, 1.165) is 10.2 Å². The molecule has 0 fully saturated rings. The van der Waals surface area contributed by atoms with Crippen LogP contribution in [-0.2, 0) is 0 Å². The van der Waals surface area contributed by atoms with Crippen LogP contribution in [0.3, 0.4) is 0 Å². The van der Waals surface area contributed by atoms with E-state index in [-0.39, 0.29) is 11.7 Å². The summed E-state index contributed by atoms with van der Waals surface area (Å²) in [5, 5.41) is 4.52. The first-order valence-corrected chi connectivity index (χ1v) is 10.2. The number of nitrogens with one attached hydrogen (secondary N) is 1. The molecule has 2 aromatic heterocycles. The standard InChI is InChI=1S/C18H12ClFN4OS2/c1-26-18-21-9-14(24(18)12-5-3-11(20)4-6-12)16(25)23-17-22-13-7-2-10(19)8-15(13)27-17/h2-9H,1H3,(H,22,23,25). The number of rotatable bonds is 4. The Hall–Kier alpha value is -2.42. The van der Waals surface area contributed by atoms with Gasteiger partial charge in [0.15, 0.2) is 10.3 Å². The van der Waals surface area contributed by atoms with Gasteiger partial charge in [-0.2, -0.15) is 0 Å². The molecule has 0 aliphatic rings. The molecule has 0 aliphatic heterocycles. The predicted molar refractivity (Wildman–Crippen MR) is 108 cm³/mol. The molecule has 1 amide bonds. The van der Waals surface area contributed by atoms with E-state index in [9.17, 15) is 9.18 Å². The maximum atomic E-state index is 13.3. The van der Waals surface area contributed by atoms with E-state index in [4.69, 9.17) is 11.6 Å². The lowest BCUT2D eigenvalue weighted by Gasteiger charge is -2.10. The van der Waals surface area contributed by atoms with Crippen LogP contribution in [0.4, 0.5) is 9.52 Å². The second kappa shape index (κ2) is 7.30. The largest absolute Gasteiger partial charge is 0.296 e. The Kier molecular flexibility index (Phi) is 4.86. The molecule has 4 aromatic rings. The van der Waals surface area contributed by atoms with Gasteiger partial charge in [-0.05, 0) is 48.7 Å². The third-order valence-corrected chi connectivity index (χ3v) is 5.62. The van der Waals surface area contributed by atoms with E-state index in [1.54, 1.807) is 34.9 Å². The number of anilines is 1. The number of aromatic nitrogens is 3. The molecule has 0 saturated heterocycles. The van der Waals surface area contributed by atoms with Crippen molar-refractivity contribution in [1.82, 2.24) is 14.5 Å². The second-order valence-corrected chi connectivity index (χ2v) is 7.77. The molecular formula is C18H12ClFN4OS2. The topological polar surface area (TPSA) is 59.8 Å². The van der Waals surface area contributed by atoms with Crippen LogP contribution < -0.4 is 5.32 Å². The van der Waals surface area contributed by atoms with Crippen LogP contribution in [0.15, 0.2) is 53.8 Å². The quantitative estimate of drug-likeness (QED) is 0.460. The molecule has 0 saturated carbocycles. The number of imidazole rings is 1. The number of halogens is 2. The highest BCUT2D eigenvalue weighted by atomic mass is 35.5. The van der Waals surface area contributed by atoms with E-state index < -0.39 is 0 Å². The molecule has 5 nitrogen and oxygen atoms in total. The van der Waals surface area contributed by atoms with Crippen molar-refractivity contribution in [2.75, 3.05) is 11.6 Å². The van der Waals surface area contributed by atoms with Crippen LogP contribution in [-0.4, -0.2) is 26.7 Å². The molecule has 0 unspecified atom stereocenters. The van der Waals surface area contributed by atoms with Crippen LogP contribution in [0.2, 0.25) is 5.02 Å². The molecule has 0 spiro atoms. The zero-order valence-corrected chi connectivity index (χ0v) is 16.3. The van der Waals surface area contributed by atoms with Gasteiger partial charge < -0.3 is 0 Å². The Labute approximate surface area is 167 Å². The van der Waals surface area contributed by atoms with Crippen molar-refractivity contribution in [2.24, 2.45) is 0 Å². The average Bonchev–Trinajstić information content (AvgIpc) is 3.25. The van der Waals surface area contributed by atoms with Gasteiger partial charge in [0.05, 0.1) is 16.4 Å². The van der Waals surface area contributed by atoms with Crippen LogP contribution in [0.5, 0.6) is 0 Å². The molecule has 0 bridgehead atoms. The summed E-state index contributed by atoms with van der Waals surface area (Å²) >= 11 is 8.73.